The summed E-state index contributed by atoms with van der Waals surface area (Å²) in [6.45, 7) is 40.0. The molecule has 0 heterocycles. The lowest BCUT2D eigenvalue weighted by atomic mass is 9.93. The zero-order chi connectivity index (χ0) is 27.7. The van der Waals surface area contributed by atoms with E-state index in [2.05, 4.69) is 109 Å². The summed E-state index contributed by atoms with van der Waals surface area (Å²) in [4.78, 5) is 12.7. The summed E-state index contributed by atoms with van der Waals surface area (Å²) >= 11 is 0. The Morgan fingerprint density at radius 2 is 0.971 bits per heavy atom. The number of hydrogen-bond donors (Lipinski definition) is 0. The zero-order valence-electron chi connectivity index (χ0n) is 26.1. The number of carbonyl (C=O) groups is 1. The summed E-state index contributed by atoms with van der Waals surface area (Å²) < 4.78 is 20.9. The third-order valence-electron chi connectivity index (χ3n) is 8.86. The molecule has 7 heteroatoms. The second kappa shape index (κ2) is 11.3. The largest absolute Gasteiger partial charge is 0.414 e. The van der Waals surface area contributed by atoms with Crippen LogP contribution in [0.1, 0.15) is 89.5 Å². The molecule has 0 amide bonds. The van der Waals surface area contributed by atoms with Crippen LogP contribution < -0.4 is 0 Å². The van der Waals surface area contributed by atoms with Gasteiger partial charge >= 0.3 is 0 Å². The highest BCUT2D eigenvalue weighted by atomic mass is 28.4. The van der Waals surface area contributed by atoms with Crippen molar-refractivity contribution >= 4 is 30.7 Å². The molecule has 34 heavy (non-hydrogen) atoms. The molecule has 0 aromatic rings. The van der Waals surface area contributed by atoms with Gasteiger partial charge in [0.25, 0.3) is 0 Å². The molecule has 4 nitrogen and oxygen atoms in total. The average molecular weight is 533 g/mol. The number of ketones is 1. The summed E-state index contributed by atoms with van der Waals surface area (Å²) in [7, 11) is -6.19. The third kappa shape index (κ3) is 9.25. The van der Waals surface area contributed by atoms with Crippen LogP contribution in [0.3, 0.4) is 0 Å². The molecule has 0 aliphatic carbocycles. The number of carbonyl (C=O) groups excluding carboxylic acids is 1. The van der Waals surface area contributed by atoms with Crippen molar-refractivity contribution in [2.75, 3.05) is 0 Å². The lowest BCUT2D eigenvalue weighted by Crippen LogP contribution is -2.55. The second-order valence-electron chi connectivity index (χ2n) is 15.1. The van der Waals surface area contributed by atoms with E-state index < -0.39 is 25.0 Å². The van der Waals surface area contributed by atoms with Crippen LogP contribution in [-0.2, 0) is 18.1 Å². The van der Waals surface area contributed by atoms with E-state index in [1.54, 1.807) is 6.92 Å². The van der Waals surface area contributed by atoms with Crippen molar-refractivity contribution in [3.8, 4) is 0 Å². The SMILES string of the molecule is CC(=O)[C@H](C)[C@@H](O[Si](C)(C)C(C)(C)C)[C@@H](C[C@@H](C)O[Si](C)(C)C(C)(C)C)O[Si](C)(C)C(C)(C)C. The summed E-state index contributed by atoms with van der Waals surface area (Å²) in [5.41, 5.74) is 0. The topological polar surface area (TPSA) is 44.8 Å². The maximum atomic E-state index is 12.7. The van der Waals surface area contributed by atoms with Crippen molar-refractivity contribution in [3.63, 3.8) is 0 Å². The van der Waals surface area contributed by atoms with Gasteiger partial charge in [0.15, 0.2) is 25.0 Å². The molecule has 0 fully saturated rings. The highest BCUT2D eigenvalue weighted by Gasteiger charge is 2.47. The van der Waals surface area contributed by atoms with Gasteiger partial charge in [-0.1, -0.05) is 69.2 Å². The molecular weight excluding hydrogens is 473 g/mol. The minimum Gasteiger partial charge on any atom is -0.414 e. The van der Waals surface area contributed by atoms with Gasteiger partial charge in [-0.15, -0.1) is 0 Å². The Bertz CT molecular complexity index is 667. The van der Waals surface area contributed by atoms with E-state index in [9.17, 15) is 4.79 Å². The monoisotopic (exact) mass is 532 g/mol. The molecule has 4 atom stereocenters. The summed E-state index contributed by atoms with van der Waals surface area (Å²) in [6, 6.07) is 0. The minimum absolute atomic E-state index is 0.0281. The first-order valence-electron chi connectivity index (χ1n) is 13.2. The Kier molecular flexibility index (Phi) is 11.4. The van der Waals surface area contributed by atoms with Gasteiger partial charge in [0.2, 0.25) is 0 Å². The summed E-state index contributed by atoms with van der Waals surface area (Å²) in [5.74, 6) is -0.0746. The van der Waals surface area contributed by atoms with Crippen LogP contribution in [0.4, 0.5) is 0 Å². The van der Waals surface area contributed by atoms with Crippen LogP contribution in [0.5, 0.6) is 0 Å². The Morgan fingerprint density at radius 1 is 0.647 bits per heavy atom. The molecule has 0 N–H and O–H groups in total. The number of rotatable bonds is 11. The van der Waals surface area contributed by atoms with Gasteiger partial charge in [-0.2, -0.15) is 0 Å². The molecule has 0 unspecified atom stereocenters. The Hall–Kier alpha value is 0.201. The normalized spacial score (nSPS) is 18.4. The fourth-order valence-electron chi connectivity index (χ4n) is 3.11. The second-order valence-corrected chi connectivity index (χ2v) is 29.4. The fourth-order valence-corrected chi connectivity index (χ4v) is 7.29. The molecule has 0 radical (unpaired) electrons. The van der Waals surface area contributed by atoms with Crippen LogP contribution in [0.2, 0.25) is 54.4 Å². The average Bonchev–Trinajstić information content (AvgIpc) is 2.54. The maximum Gasteiger partial charge on any atom is 0.192 e. The van der Waals surface area contributed by atoms with Gasteiger partial charge in [0, 0.05) is 12.0 Å². The van der Waals surface area contributed by atoms with Crippen LogP contribution >= 0.6 is 0 Å². The number of Topliss-reactive ketones (excluding diaryl/α,β-unsaturated/α-hetero) is 1. The van der Waals surface area contributed by atoms with Gasteiger partial charge in [0.1, 0.15) is 5.78 Å². The standard InChI is InChI=1S/C27H60O4Si3/c1-20(29-32(13,14)25(4,5)6)19-23(30-33(15,16)26(7,8)9)24(21(2)22(3)28)31-34(17,18)27(10,11)12/h20-21,23-24H,19H2,1-18H3/t20-,21+,23-,24-/m1/s1. The molecule has 0 saturated carbocycles. The van der Waals surface area contributed by atoms with Crippen molar-refractivity contribution in [1.82, 2.24) is 0 Å². The van der Waals surface area contributed by atoms with Crippen LogP contribution in [0.15, 0.2) is 0 Å². The lowest BCUT2D eigenvalue weighted by Gasteiger charge is -2.47. The Balaban J connectivity index is 6.41. The first-order chi connectivity index (χ1) is 14.7. The summed E-state index contributed by atoms with van der Waals surface area (Å²) in [5, 5.41) is 0.253. The van der Waals surface area contributed by atoms with Gasteiger partial charge < -0.3 is 13.3 Å². The van der Waals surface area contributed by atoms with E-state index in [4.69, 9.17) is 13.3 Å². The molecular formula is C27H60O4Si3. The van der Waals surface area contributed by atoms with Crippen LogP contribution in [-0.4, -0.2) is 49.0 Å². The van der Waals surface area contributed by atoms with Crippen LogP contribution in [0.25, 0.3) is 0 Å². The first kappa shape index (κ1) is 34.2. The van der Waals surface area contributed by atoms with Crippen molar-refractivity contribution in [2.45, 2.75) is 162 Å². The Labute approximate surface area is 216 Å². The highest BCUT2D eigenvalue weighted by Crippen LogP contribution is 2.43. The molecule has 0 rings (SSSR count). The third-order valence-corrected chi connectivity index (χ3v) is 22.4. The van der Waals surface area contributed by atoms with Gasteiger partial charge in [-0.05, 0) is 74.7 Å². The molecule has 0 bridgehead atoms. The highest BCUT2D eigenvalue weighted by molar-refractivity contribution is 6.75. The maximum absolute atomic E-state index is 12.7. The summed E-state index contributed by atoms with van der Waals surface area (Å²) in [6.07, 6.45) is 0.294. The van der Waals surface area contributed by atoms with Gasteiger partial charge in [-0.3, -0.25) is 4.79 Å². The molecule has 0 spiro atoms. The number of hydrogen-bond acceptors (Lipinski definition) is 4. The molecule has 0 aromatic heterocycles. The van der Waals surface area contributed by atoms with Gasteiger partial charge in [0.05, 0.1) is 12.2 Å². The van der Waals surface area contributed by atoms with E-state index in [0.29, 0.717) is 0 Å². The van der Waals surface area contributed by atoms with E-state index >= 15 is 0 Å². The van der Waals surface area contributed by atoms with E-state index in [0.717, 1.165) is 6.42 Å². The molecule has 0 aliphatic rings. The first-order valence-corrected chi connectivity index (χ1v) is 21.9. The smallest absolute Gasteiger partial charge is 0.192 e. The minimum atomic E-state index is -2.14. The molecule has 0 aliphatic heterocycles. The fraction of sp³-hybridized carbons (Fsp3) is 0.963. The van der Waals surface area contributed by atoms with Crippen molar-refractivity contribution < 1.29 is 18.1 Å². The molecule has 0 saturated heterocycles. The van der Waals surface area contributed by atoms with Gasteiger partial charge in [-0.25, -0.2) is 0 Å². The van der Waals surface area contributed by atoms with Crippen LogP contribution in [0, 0.1) is 5.92 Å². The predicted octanol–water partition coefficient (Wildman–Crippen LogP) is 8.79. The van der Waals surface area contributed by atoms with Crippen molar-refractivity contribution in [2.24, 2.45) is 5.92 Å². The molecule has 0 aromatic carbocycles. The van der Waals surface area contributed by atoms with Crippen molar-refractivity contribution in [1.29, 1.82) is 0 Å². The van der Waals surface area contributed by atoms with E-state index in [-0.39, 0.29) is 45.1 Å². The lowest BCUT2D eigenvalue weighted by molar-refractivity contribution is -0.126. The van der Waals surface area contributed by atoms with Crippen molar-refractivity contribution in [3.05, 3.63) is 0 Å². The quantitative estimate of drug-likeness (QED) is 0.249. The van der Waals surface area contributed by atoms with E-state index in [1.165, 1.54) is 0 Å². The predicted molar refractivity (Wildman–Crippen MR) is 156 cm³/mol. The van der Waals surface area contributed by atoms with E-state index in [1.807, 2.05) is 6.92 Å². The zero-order valence-corrected chi connectivity index (χ0v) is 29.1. The Morgan fingerprint density at radius 3 is 1.29 bits per heavy atom. The molecule has 204 valence electrons.